The molecule has 5 heteroatoms. The molecule has 3 aromatic rings. The normalized spacial score (nSPS) is 15.4. The molecular formula is C31H38N2O3. The molecule has 1 saturated heterocycles. The summed E-state index contributed by atoms with van der Waals surface area (Å²) in [6, 6.07) is 26.1. The summed E-state index contributed by atoms with van der Waals surface area (Å²) in [6.07, 6.45) is 4.38. The average molecular weight is 487 g/mol. The molecule has 1 aliphatic rings. The summed E-state index contributed by atoms with van der Waals surface area (Å²) in [5.41, 5.74) is 9.01. The number of rotatable bonds is 12. The maximum absolute atomic E-state index is 12.9. The topological polar surface area (TPSA) is 64.8 Å². The van der Waals surface area contributed by atoms with Gasteiger partial charge in [-0.2, -0.15) is 0 Å². The van der Waals surface area contributed by atoms with Crippen LogP contribution in [-0.2, 0) is 6.54 Å². The van der Waals surface area contributed by atoms with Crippen molar-refractivity contribution in [2.45, 2.75) is 44.8 Å². The van der Waals surface area contributed by atoms with Crippen LogP contribution >= 0.6 is 0 Å². The number of para-hydroxylation sites is 2. The van der Waals surface area contributed by atoms with E-state index in [1.807, 2.05) is 48.5 Å². The Bertz CT molecular complexity index is 1080. The number of nitrogens with zero attached hydrogens (tertiary/aromatic N) is 1. The second-order valence-corrected chi connectivity index (χ2v) is 9.62. The number of benzene rings is 3. The third kappa shape index (κ3) is 7.19. The van der Waals surface area contributed by atoms with Gasteiger partial charge in [0, 0.05) is 24.9 Å². The predicted molar refractivity (Wildman–Crippen MR) is 144 cm³/mol. The summed E-state index contributed by atoms with van der Waals surface area (Å²) < 4.78 is 11.7. The Labute approximate surface area is 215 Å². The van der Waals surface area contributed by atoms with Crippen molar-refractivity contribution < 1.29 is 14.3 Å². The molecule has 0 spiro atoms. The number of nitrogens with two attached hydrogens (primary N) is 1. The van der Waals surface area contributed by atoms with Crippen molar-refractivity contribution in [1.82, 2.24) is 4.90 Å². The monoisotopic (exact) mass is 486 g/mol. The molecule has 0 amide bonds. The average Bonchev–Trinajstić information content (AvgIpc) is 2.93. The Balaban J connectivity index is 1.27. The molecule has 5 nitrogen and oxygen atoms in total. The van der Waals surface area contributed by atoms with E-state index in [0.29, 0.717) is 36.8 Å². The third-order valence-electron chi connectivity index (χ3n) is 7.11. The van der Waals surface area contributed by atoms with Crippen molar-refractivity contribution in [3.63, 3.8) is 0 Å². The molecule has 1 fully saturated rings. The van der Waals surface area contributed by atoms with Crippen LogP contribution in [0.2, 0.25) is 0 Å². The highest BCUT2D eigenvalue weighted by Gasteiger charge is 2.21. The Hall–Kier alpha value is -3.15. The van der Waals surface area contributed by atoms with Crippen molar-refractivity contribution >= 4 is 5.78 Å². The van der Waals surface area contributed by atoms with E-state index in [2.05, 4.69) is 35.2 Å². The number of ketones is 1. The van der Waals surface area contributed by atoms with E-state index in [1.54, 1.807) is 7.11 Å². The summed E-state index contributed by atoms with van der Waals surface area (Å²) in [5.74, 6) is 2.23. The molecular weight excluding hydrogens is 448 g/mol. The Kier molecular flexibility index (Phi) is 9.54. The minimum atomic E-state index is -0.198. The summed E-state index contributed by atoms with van der Waals surface area (Å²) >= 11 is 0. The molecule has 36 heavy (non-hydrogen) atoms. The van der Waals surface area contributed by atoms with Gasteiger partial charge in [-0.25, -0.2) is 0 Å². The zero-order valence-electron chi connectivity index (χ0n) is 21.3. The minimum absolute atomic E-state index is 0.198. The van der Waals surface area contributed by atoms with Gasteiger partial charge in [-0.1, -0.05) is 66.7 Å². The summed E-state index contributed by atoms with van der Waals surface area (Å²) in [4.78, 5) is 15.4. The zero-order valence-corrected chi connectivity index (χ0v) is 21.3. The number of carbonyl (C=O) groups is 1. The number of hydrogen-bond donors (Lipinski definition) is 1. The molecule has 1 heterocycles. The zero-order chi connectivity index (χ0) is 25.2. The molecule has 3 aromatic carbocycles. The van der Waals surface area contributed by atoms with Crippen LogP contribution in [0, 0.1) is 5.92 Å². The molecule has 2 N–H and O–H groups in total. The smallest absolute Gasteiger partial charge is 0.162 e. The number of ether oxygens (including phenoxy) is 2. The largest absolute Gasteiger partial charge is 0.493 e. The predicted octanol–water partition coefficient (Wildman–Crippen LogP) is 6.04. The van der Waals surface area contributed by atoms with Gasteiger partial charge in [0.05, 0.1) is 7.11 Å². The van der Waals surface area contributed by atoms with Crippen LogP contribution in [0.3, 0.4) is 0 Å². The van der Waals surface area contributed by atoms with E-state index in [0.717, 1.165) is 37.2 Å². The van der Waals surface area contributed by atoms with E-state index in [4.69, 9.17) is 15.2 Å². The molecule has 0 aliphatic carbocycles. The standard InChI is InChI=1S/C31H38N2O3/c1-35-30-9-5-6-10-31(30)36-29(17-20-32)27-14-12-26(13-15-27)28(34)16-11-24-18-21-33(22-19-24)23-25-7-3-2-4-8-25/h2-10,12-15,24,29H,11,16-23,32H2,1H3. The van der Waals surface area contributed by atoms with Crippen LogP contribution in [0.25, 0.3) is 0 Å². The lowest BCUT2D eigenvalue weighted by Crippen LogP contribution is -2.33. The Morgan fingerprint density at radius 2 is 1.61 bits per heavy atom. The van der Waals surface area contributed by atoms with Crippen LogP contribution in [-0.4, -0.2) is 37.4 Å². The third-order valence-corrected chi connectivity index (χ3v) is 7.11. The molecule has 0 saturated carbocycles. The number of piperidine rings is 1. The van der Waals surface area contributed by atoms with Gasteiger partial charge in [-0.05, 0) is 68.1 Å². The minimum Gasteiger partial charge on any atom is -0.493 e. The van der Waals surface area contributed by atoms with Gasteiger partial charge in [0.25, 0.3) is 0 Å². The van der Waals surface area contributed by atoms with Gasteiger partial charge in [-0.3, -0.25) is 9.69 Å². The van der Waals surface area contributed by atoms with E-state index in [1.165, 1.54) is 18.4 Å². The van der Waals surface area contributed by atoms with E-state index >= 15 is 0 Å². The first-order valence-corrected chi connectivity index (χ1v) is 13.1. The quantitative estimate of drug-likeness (QED) is 0.316. The number of likely N-dealkylation sites (tertiary alicyclic amines) is 1. The number of carbonyl (C=O) groups excluding carboxylic acids is 1. The molecule has 0 radical (unpaired) electrons. The molecule has 0 bridgehead atoms. The van der Waals surface area contributed by atoms with Crippen molar-refractivity contribution in [2.24, 2.45) is 11.7 Å². The first-order valence-electron chi connectivity index (χ1n) is 13.1. The van der Waals surface area contributed by atoms with Crippen molar-refractivity contribution in [2.75, 3.05) is 26.7 Å². The maximum Gasteiger partial charge on any atom is 0.162 e. The second kappa shape index (κ2) is 13.2. The Morgan fingerprint density at radius 1 is 0.944 bits per heavy atom. The van der Waals surface area contributed by atoms with Crippen LogP contribution in [0.4, 0.5) is 0 Å². The SMILES string of the molecule is COc1ccccc1OC(CCN)c1ccc(C(=O)CCC2CCN(Cc3ccccc3)CC2)cc1. The fourth-order valence-corrected chi connectivity index (χ4v) is 4.95. The van der Waals surface area contributed by atoms with Crippen molar-refractivity contribution in [3.8, 4) is 11.5 Å². The summed E-state index contributed by atoms with van der Waals surface area (Å²) in [7, 11) is 1.63. The van der Waals surface area contributed by atoms with Crippen molar-refractivity contribution in [3.05, 3.63) is 95.6 Å². The fraction of sp³-hybridized carbons (Fsp3) is 0.387. The highest BCUT2D eigenvalue weighted by molar-refractivity contribution is 5.96. The Morgan fingerprint density at radius 3 is 2.28 bits per heavy atom. The van der Waals surface area contributed by atoms with E-state index in [9.17, 15) is 4.79 Å². The number of Topliss-reactive ketones (excluding diaryl/α,β-unsaturated/α-hetero) is 1. The van der Waals surface area contributed by atoms with Gasteiger partial charge in [-0.15, -0.1) is 0 Å². The molecule has 1 unspecified atom stereocenters. The summed E-state index contributed by atoms with van der Waals surface area (Å²) in [5, 5.41) is 0. The van der Waals surface area contributed by atoms with Crippen LogP contribution in [0.5, 0.6) is 11.5 Å². The second-order valence-electron chi connectivity index (χ2n) is 9.62. The van der Waals surface area contributed by atoms with Crippen LogP contribution in [0.15, 0.2) is 78.9 Å². The highest BCUT2D eigenvalue weighted by Crippen LogP contribution is 2.32. The number of hydrogen-bond acceptors (Lipinski definition) is 5. The summed E-state index contributed by atoms with van der Waals surface area (Å²) in [6.45, 7) is 3.74. The van der Waals surface area contributed by atoms with Gasteiger partial charge < -0.3 is 15.2 Å². The lowest BCUT2D eigenvalue weighted by Gasteiger charge is -2.32. The number of methoxy groups -OCH3 is 1. The van der Waals surface area contributed by atoms with E-state index in [-0.39, 0.29) is 11.9 Å². The van der Waals surface area contributed by atoms with Crippen LogP contribution in [0.1, 0.15) is 59.7 Å². The highest BCUT2D eigenvalue weighted by atomic mass is 16.5. The van der Waals surface area contributed by atoms with Crippen LogP contribution < -0.4 is 15.2 Å². The molecule has 190 valence electrons. The first kappa shape index (κ1) is 25.9. The molecule has 1 aliphatic heterocycles. The van der Waals surface area contributed by atoms with Crippen molar-refractivity contribution in [1.29, 1.82) is 0 Å². The van der Waals surface area contributed by atoms with Gasteiger partial charge in [0.1, 0.15) is 6.10 Å². The lowest BCUT2D eigenvalue weighted by atomic mass is 9.90. The molecule has 0 aromatic heterocycles. The van der Waals surface area contributed by atoms with Gasteiger partial charge >= 0.3 is 0 Å². The molecule has 1 atom stereocenters. The maximum atomic E-state index is 12.9. The molecule has 4 rings (SSSR count). The first-order chi connectivity index (χ1) is 17.7. The van der Waals surface area contributed by atoms with Gasteiger partial charge in [0.2, 0.25) is 0 Å². The lowest BCUT2D eigenvalue weighted by molar-refractivity contribution is 0.0961. The van der Waals surface area contributed by atoms with Gasteiger partial charge in [0.15, 0.2) is 17.3 Å². The van der Waals surface area contributed by atoms with E-state index < -0.39 is 0 Å². The fourth-order valence-electron chi connectivity index (χ4n) is 4.95.